The highest BCUT2D eigenvalue weighted by molar-refractivity contribution is 7.92. The molecule has 2 rings (SSSR count). The Bertz CT molecular complexity index is 1110. The van der Waals surface area contributed by atoms with Gasteiger partial charge in [0.05, 0.1) is 11.9 Å². The Morgan fingerprint density at radius 3 is 2.27 bits per heavy atom. The first-order valence-electron chi connectivity index (χ1n) is 10.5. The van der Waals surface area contributed by atoms with Crippen LogP contribution in [0, 0.1) is 6.92 Å². The van der Waals surface area contributed by atoms with Crippen molar-refractivity contribution in [1.82, 2.24) is 10.2 Å². The van der Waals surface area contributed by atoms with Gasteiger partial charge in [0, 0.05) is 23.1 Å². The van der Waals surface area contributed by atoms with Crippen molar-refractivity contribution in [2.24, 2.45) is 0 Å². The first-order chi connectivity index (χ1) is 15.5. The summed E-state index contributed by atoms with van der Waals surface area (Å²) < 4.78 is 26.2. The molecule has 2 aromatic rings. The second-order valence-electron chi connectivity index (χ2n) is 7.63. The molecule has 0 aromatic heterocycles. The van der Waals surface area contributed by atoms with Crippen molar-refractivity contribution in [3.63, 3.8) is 0 Å². The van der Waals surface area contributed by atoms with E-state index in [1.165, 1.54) is 11.0 Å². The van der Waals surface area contributed by atoms with E-state index in [2.05, 4.69) is 5.32 Å². The van der Waals surface area contributed by atoms with Gasteiger partial charge < -0.3 is 10.2 Å². The Morgan fingerprint density at radius 1 is 1.06 bits per heavy atom. The van der Waals surface area contributed by atoms with Gasteiger partial charge in [-0.2, -0.15) is 0 Å². The number of halogens is 2. The average Bonchev–Trinajstić information content (AvgIpc) is 2.74. The van der Waals surface area contributed by atoms with Crippen molar-refractivity contribution in [2.75, 3.05) is 23.7 Å². The number of aryl methyl sites for hydroxylation is 1. The number of carbonyl (C=O) groups is 2. The summed E-state index contributed by atoms with van der Waals surface area (Å²) in [7, 11) is -3.82. The molecule has 1 N–H and O–H groups in total. The molecule has 2 amide bonds. The molecule has 0 aliphatic carbocycles. The van der Waals surface area contributed by atoms with Crippen LogP contribution in [-0.2, 0) is 26.2 Å². The number of carbonyl (C=O) groups excluding carboxylic acids is 2. The molecule has 0 radical (unpaired) electrons. The normalized spacial score (nSPS) is 12.2. The van der Waals surface area contributed by atoms with Crippen molar-refractivity contribution < 1.29 is 18.0 Å². The summed E-state index contributed by atoms with van der Waals surface area (Å²) in [6.45, 7) is 5.35. The van der Waals surface area contributed by atoms with Gasteiger partial charge in [-0.25, -0.2) is 8.42 Å². The summed E-state index contributed by atoms with van der Waals surface area (Å²) in [5.41, 5.74) is 1.70. The van der Waals surface area contributed by atoms with E-state index in [1.54, 1.807) is 57.2 Å². The van der Waals surface area contributed by atoms with Crippen molar-refractivity contribution >= 4 is 50.7 Å². The van der Waals surface area contributed by atoms with Crippen molar-refractivity contribution in [3.8, 4) is 0 Å². The van der Waals surface area contributed by atoms with Crippen LogP contribution < -0.4 is 9.62 Å². The molecule has 10 heteroatoms. The fraction of sp³-hybridized carbons (Fsp3) is 0.391. The number of hydrogen-bond donors (Lipinski definition) is 1. The van der Waals surface area contributed by atoms with E-state index in [-0.39, 0.29) is 18.1 Å². The van der Waals surface area contributed by atoms with Gasteiger partial charge >= 0.3 is 0 Å². The van der Waals surface area contributed by atoms with Crippen LogP contribution in [0.25, 0.3) is 0 Å². The molecular weight excluding hydrogens is 485 g/mol. The van der Waals surface area contributed by atoms with Crippen LogP contribution in [0.1, 0.15) is 31.4 Å². The fourth-order valence-electron chi connectivity index (χ4n) is 3.37. The van der Waals surface area contributed by atoms with Gasteiger partial charge in [-0.3, -0.25) is 13.9 Å². The van der Waals surface area contributed by atoms with Crippen LogP contribution in [0.3, 0.4) is 0 Å². The molecule has 0 heterocycles. The first-order valence-corrected chi connectivity index (χ1v) is 13.1. The molecule has 0 bridgehead atoms. The Morgan fingerprint density at radius 2 is 1.73 bits per heavy atom. The van der Waals surface area contributed by atoms with Gasteiger partial charge in [-0.05, 0) is 49.6 Å². The number of anilines is 1. The van der Waals surface area contributed by atoms with E-state index in [4.69, 9.17) is 23.2 Å². The van der Waals surface area contributed by atoms with Crippen molar-refractivity contribution in [2.45, 2.75) is 39.8 Å². The number of nitrogens with zero attached hydrogens (tertiary/aromatic N) is 2. The zero-order valence-corrected chi connectivity index (χ0v) is 21.5. The number of likely N-dealkylation sites (N-methyl/N-ethyl adjacent to an activating group) is 1. The predicted octanol–water partition coefficient (Wildman–Crippen LogP) is 4.01. The first kappa shape index (κ1) is 27.0. The van der Waals surface area contributed by atoms with E-state index in [0.717, 1.165) is 16.1 Å². The minimum absolute atomic E-state index is 0.0560. The van der Waals surface area contributed by atoms with E-state index in [0.29, 0.717) is 28.6 Å². The second-order valence-corrected chi connectivity index (χ2v) is 10.4. The fourth-order valence-corrected chi connectivity index (χ4v) is 4.58. The number of sulfonamides is 1. The van der Waals surface area contributed by atoms with E-state index < -0.39 is 28.5 Å². The van der Waals surface area contributed by atoms with Gasteiger partial charge in [0.25, 0.3) is 0 Å². The minimum Gasteiger partial charge on any atom is -0.355 e. The lowest BCUT2D eigenvalue weighted by Crippen LogP contribution is -2.52. The molecule has 0 saturated heterocycles. The van der Waals surface area contributed by atoms with E-state index in [9.17, 15) is 18.0 Å². The van der Waals surface area contributed by atoms with Gasteiger partial charge in [0.1, 0.15) is 12.6 Å². The maximum absolute atomic E-state index is 13.5. The molecule has 0 fully saturated rings. The lowest BCUT2D eigenvalue weighted by Gasteiger charge is -2.33. The molecule has 7 nitrogen and oxygen atoms in total. The topological polar surface area (TPSA) is 86.8 Å². The van der Waals surface area contributed by atoms with Crippen LogP contribution >= 0.6 is 23.2 Å². The van der Waals surface area contributed by atoms with Crippen LogP contribution in [0.5, 0.6) is 0 Å². The van der Waals surface area contributed by atoms with Gasteiger partial charge in [0.15, 0.2) is 0 Å². The number of nitrogens with one attached hydrogen (secondary N) is 1. The van der Waals surface area contributed by atoms with Crippen molar-refractivity contribution in [3.05, 3.63) is 63.6 Å². The third kappa shape index (κ3) is 7.09. The summed E-state index contributed by atoms with van der Waals surface area (Å²) in [6, 6.07) is 11.0. The molecule has 0 aliphatic rings. The maximum Gasteiger partial charge on any atom is 0.244 e. The van der Waals surface area contributed by atoms with E-state index in [1.807, 2.05) is 0 Å². The highest BCUT2D eigenvalue weighted by Crippen LogP contribution is 2.26. The molecule has 0 saturated carbocycles. The second kappa shape index (κ2) is 11.7. The summed E-state index contributed by atoms with van der Waals surface area (Å²) in [5, 5.41) is 3.58. The zero-order chi connectivity index (χ0) is 24.8. The molecule has 2 aromatic carbocycles. The van der Waals surface area contributed by atoms with Crippen LogP contribution in [-0.4, -0.2) is 50.5 Å². The van der Waals surface area contributed by atoms with E-state index >= 15 is 0 Å². The monoisotopic (exact) mass is 513 g/mol. The Balaban J connectivity index is 2.47. The lowest BCUT2D eigenvalue weighted by molar-refractivity contribution is -0.140. The summed E-state index contributed by atoms with van der Waals surface area (Å²) >= 11 is 12.5. The number of benzene rings is 2. The highest BCUT2D eigenvalue weighted by atomic mass is 35.5. The summed E-state index contributed by atoms with van der Waals surface area (Å²) in [5.74, 6) is -0.847. The molecule has 33 heavy (non-hydrogen) atoms. The number of rotatable bonds is 10. The molecular formula is C23H29Cl2N3O4S. The Labute approximate surface area is 205 Å². The van der Waals surface area contributed by atoms with Gasteiger partial charge in [-0.15, -0.1) is 0 Å². The molecule has 1 atom stereocenters. The molecule has 180 valence electrons. The highest BCUT2D eigenvalue weighted by Gasteiger charge is 2.32. The zero-order valence-electron chi connectivity index (χ0n) is 19.1. The Hall–Kier alpha value is -2.29. The SMILES string of the molecule is CCNC(=O)[C@@H](CC)N(Cc1ccccc1Cl)C(=O)CN(c1ccc(C)c(Cl)c1)S(C)(=O)=O. The molecule has 0 unspecified atom stereocenters. The largest absolute Gasteiger partial charge is 0.355 e. The Kier molecular flexibility index (Phi) is 9.57. The van der Waals surface area contributed by atoms with Crippen molar-refractivity contribution in [1.29, 1.82) is 0 Å². The molecule has 0 aliphatic heterocycles. The molecule has 0 spiro atoms. The summed E-state index contributed by atoms with van der Waals surface area (Å²) in [4.78, 5) is 27.6. The standard InChI is InChI=1S/C23H29Cl2N3O4S/c1-5-21(23(30)26-6-2)27(14-17-9-7-8-10-19(17)24)22(29)15-28(33(4,31)32)18-12-11-16(3)20(25)13-18/h7-13,21H,5-6,14-15H2,1-4H3,(H,26,30)/t21-/m1/s1. The van der Waals surface area contributed by atoms with Crippen LogP contribution in [0.4, 0.5) is 5.69 Å². The lowest BCUT2D eigenvalue weighted by atomic mass is 10.1. The third-order valence-corrected chi connectivity index (χ3v) is 7.07. The predicted molar refractivity (Wildman–Crippen MR) is 133 cm³/mol. The van der Waals surface area contributed by atoms with Crippen LogP contribution in [0.15, 0.2) is 42.5 Å². The van der Waals surface area contributed by atoms with Gasteiger partial charge in [-0.1, -0.05) is 54.4 Å². The smallest absolute Gasteiger partial charge is 0.244 e. The average molecular weight is 514 g/mol. The quantitative estimate of drug-likeness (QED) is 0.519. The third-order valence-electron chi connectivity index (χ3n) is 5.16. The van der Waals surface area contributed by atoms with Crippen LogP contribution in [0.2, 0.25) is 10.0 Å². The number of amides is 2. The summed E-state index contributed by atoms with van der Waals surface area (Å²) in [6.07, 6.45) is 1.37. The minimum atomic E-state index is -3.82. The number of hydrogen-bond acceptors (Lipinski definition) is 4. The van der Waals surface area contributed by atoms with Gasteiger partial charge in [0.2, 0.25) is 21.8 Å². The maximum atomic E-state index is 13.5.